The van der Waals surface area contributed by atoms with Crippen molar-refractivity contribution in [2.75, 3.05) is 31.0 Å². The molecule has 0 bridgehead atoms. The molecule has 1 aromatic carbocycles. The Morgan fingerprint density at radius 3 is 2.75 bits per heavy atom. The summed E-state index contributed by atoms with van der Waals surface area (Å²) < 4.78 is 10.7. The van der Waals surface area contributed by atoms with Crippen molar-refractivity contribution in [2.45, 2.75) is 32.1 Å². The zero-order valence-corrected chi connectivity index (χ0v) is 16.7. The largest absolute Gasteiger partial charge is 0.490 e. The number of thiazole rings is 1. The summed E-state index contributed by atoms with van der Waals surface area (Å²) in [5.74, 6) is 0.548. The van der Waals surface area contributed by atoms with Crippen LogP contribution in [-0.4, -0.2) is 37.1 Å². The molecule has 0 unspecified atom stereocenters. The van der Waals surface area contributed by atoms with Gasteiger partial charge in [-0.05, 0) is 30.9 Å². The number of anilines is 2. The topological polar surface area (TPSA) is 89.5 Å². The van der Waals surface area contributed by atoms with Crippen LogP contribution in [0.2, 0.25) is 0 Å². The number of nitrogens with one attached hydrogen (secondary N) is 2. The summed E-state index contributed by atoms with van der Waals surface area (Å²) in [7, 11) is 1.58. The van der Waals surface area contributed by atoms with Crippen molar-refractivity contribution < 1.29 is 19.1 Å². The van der Waals surface area contributed by atoms with Crippen LogP contribution < -0.4 is 15.4 Å². The monoisotopic (exact) mass is 403 g/mol. The normalized spacial score (nSPS) is 14.0. The van der Waals surface area contributed by atoms with Crippen molar-refractivity contribution in [3.8, 4) is 5.75 Å². The molecule has 2 amide bonds. The van der Waals surface area contributed by atoms with Crippen LogP contribution in [0.3, 0.4) is 0 Å². The first-order chi connectivity index (χ1) is 13.7. The fourth-order valence-electron chi connectivity index (χ4n) is 3.28. The standard InChI is InChI=1S/C20H25N3O4S/c1-26-9-10-27-17-13-15(22-18(24)12-14-4-2-3-5-14)6-7-16(17)19(25)23-20-21-8-11-28-20/h6-8,11,13-14H,2-5,9-10,12H2,1H3,(H,22,24)(H,21,23,25). The van der Waals surface area contributed by atoms with E-state index in [-0.39, 0.29) is 11.8 Å². The van der Waals surface area contributed by atoms with Crippen molar-refractivity contribution in [1.82, 2.24) is 4.98 Å². The second-order valence-electron chi connectivity index (χ2n) is 6.75. The lowest BCUT2D eigenvalue weighted by Gasteiger charge is -2.14. The minimum absolute atomic E-state index is 0.00488. The summed E-state index contributed by atoms with van der Waals surface area (Å²) in [6.07, 6.45) is 6.81. The van der Waals surface area contributed by atoms with Gasteiger partial charge in [-0.2, -0.15) is 0 Å². The molecule has 1 saturated carbocycles. The molecule has 0 saturated heterocycles. The average molecular weight is 404 g/mol. The quantitative estimate of drug-likeness (QED) is 0.619. The third-order valence-corrected chi connectivity index (χ3v) is 5.35. The van der Waals surface area contributed by atoms with Gasteiger partial charge in [-0.15, -0.1) is 11.3 Å². The van der Waals surface area contributed by atoms with E-state index in [9.17, 15) is 9.59 Å². The third-order valence-electron chi connectivity index (χ3n) is 4.66. The van der Waals surface area contributed by atoms with Gasteiger partial charge in [0.15, 0.2) is 5.13 Å². The van der Waals surface area contributed by atoms with Crippen LogP contribution >= 0.6 is 11.3 Å². The van der Waals surface area contributed by atoms with Gasteiger partial charge in [-0.3, -0.25) is 14.9 Å². The second-order valence-corrected chi connectivity index (χ2v) is 7.64. The van der Waals surface area contributed by atoms with Crippen molar-refractivity contribution in [1.29, 1.82) is 0 Å². The van der Waals surface area contributed by atoms with Crippen molar-refractivity contribution in [3.05, 3.63) is 35.3 Å². The van der Waals surface area contributed by atoms with E-state index in [0.29, 0.717) is 47.7 Å². The van der Waals surface area contributed by atoms with Crippen molar-refractivity contribution in [2.24, 2.45) is 5.92 Å². The Bertz CT molecular complexity index is 789. The zero-order valence-electron chi connectivity index (χ0n) is 15.9. The first-order valence-corrected chi connectivity index (χ1v) is 10.3. The number of nitrogens with zero attached hydrogens (tertiary/aromatic N) is 1. The third kappa shape index (κ3) is 5.77. The van der Waals surface area contributed by atoms with E-state index in [2.05, 4.69) is 15.6 Å². The molecule has 1 fully saturated rings. The van der Waals surface area contributed by atoms with E-state index in [0.717, 1.165) is 12.8 Å². The minimum atomic E-state index is -0.314. The Balaban J connectivity index is 1.70. The molecule has 28 heavy (non-hydrogen) atoms. The van der Waals surface area contributed by atoms with E-state index in [1.807, 2.05) is 0 Å². The maximum Gasteiger partial charge on any atom is 0.261 e. The van der Waals surface area contributed by atoms with E-state index in [1.165, 1.54) is 24.2 Å². The summed E-state index contributed by atoms with van der Waals surface area (Å²) in [5, 5.41) is 7.97. The predicted octanol–water partition coefficient (Wildman–Crippen LogP) is 3.94. The molecule has 1 aliphatic rings. The first kappa shape index (κ1) is 20.3. The lowest BCUT2D eigenvalue weighted by Crippen LogP contribution is -2.17. The Morgan fingerprint density at radius 1 is 1.21 bits per heavy atom. The molecule has 0 radical (unpaired) electrons. The number of methoxy groups -OCH3 is 1. The highest BCUT2D eigenvalue weighted by atomic mass is 32.1. The summed E-state index contributed by atoms with van der Waals surface area (Å²) in [5.41, 5.74) is 0.987. The molecule has 8 heteroatoms. The molecule has 1 aliphatic carbocycles. The second kappa shape index (κ2) is 10.2. The first-order valence-electron chi connectivity index (χ1n) is 9.42. The molecular formula is C20H25N3O4S. The van der Waals surface area contributed by atoms with Crippen LogP contribution in [0.25, 0.3) is 0 Å². The zero-order chi connectivity index (χ0) is 19.8. The molecule has 0 aliphatic heterocycles. The molecule has 1 heterocycles. The highest BCUT2D eigenvalue weighted by molar-refractivity contribution is 7.13. The van der Waals surface area contributed by atoms with Gasteiger partial charge < -0.3 is 14.8 Å². The highest BCUT2D eigenvalue weighted by Gasteiger charge is 2.19. The Hall–Kier alpha value is -2.45. The molecule has 150 valence electrons. The molecule has 1 aromatic heterocycles. The smallest absolute Gasteiger partial charge is 0.261 e. The number of hydrogen-bond acceptors (Lipinski definition) is 6. The summed E-state index contributed by atoms with van der Waals surface area (Å²) in [6, 6.07) is 5.04. The van der Waals surface area contributed by atoms with Crippen LogP contribution in [0, 0.1) is 5.92 Å². The van der Waals surface area contributed by atoms with Gasteiger partial charge in [0.25, 0.3) is 5.91 Å². The van der Waals surface area contributed by atoms with E-state index in [1.54, 1.807) is 36.9 Å². The van der Waals surface area contributed by atoms with Crippen LogP contribution in [0.5, 0.6) is 5.75 Å². The summed E-state index contributed by atoms with van der Waals surface area (Å²) in [6.45, 7) is 0.694. The number of ether oxygens (including phenoxy) is 2. The lowest BCUT2D eigenvalue weighted by atomic mass is 10.0. The van der Waals surface area contributed by atoms with E-state index >= 15 is 0 Å². The van der Waals surface area contributed by atoms with Gasteiger partial charge in [0, 0.05) is 36.9 Å². The van der Waals surface area contributed by atoms with Gasteiger partial charge >= 0.3 is 0 Å². The maximum atomic E-state index is 12.6. The molecule has 2 aromatic rings. The molecule has 2 N–H and O–H groups in total. The van der Waals surface area contributed by atoms with Crippen LogP contribution in [0.1, 0.15) is 42.5 Å². The van der Waals surface area contributed by atoms with Crippen LogP contribution in [0.4, 0.5) is 10.8 Å². The molecule has 0 atom stereocenters. The molecule has 7 nitrogen and oxygen atoms in total. The summed E-state index contributed by atoms with van der Waals surface area (Å²) in [4.78, 5) is 29.0. The number of amides is 2. The van der Waals surface area contributed by atoms with Gasteiger partial charge in [-0.25, -0.2) is 4.98 Å². The van der Waals surface area contributed by atoms with E-state index < -0.39 is 0 Å². The van der Waals surface area contributed by atoms with Crippen LogP contribution in [0.15, 0.2) is 29.8 Å². The van der Waals surface area contributed by atoms with Crippen LogP contribution in [-0.2, 0) is 9.53 Å². The number of hydrogen-bond donors (Lipinski definition) is 2. The molecule has 0 spiro atoms. The highest BCUT2D eigenvalue weighted by Crippen LogP contribution is 2.29. The Morgan fingerprint density at radius 2 is 2.04 bits per heavy atom. The van der Waals surface area contributed by atoms with Gasteiger partial charge in [-0.1, -0.05) is 12.8 Å². The fourth-order valence-corrected chi connectivity index (χ4v) is 3.80. The SMILES string of the molecule is COCCOc1cc(NC(=O)CC2CCCC2)ccc1C(=O)Nc1nccs1. The van der Waals surface area contributed by atoms with E-state index in [4.69, 9.17) is 9.47 Å². The summed E-state index contributed by atoms with van der Waals surface area (Å²) >= 11 is 1.34. The van der Waals surface area contributed by atoms with Gasteiger partial charge in [0.2, 0.25) is 5.91 Å². The maximum absolute atomic E-state index is 12.6. The number of aromatic nitrogens is 1. The van der Waals surface area contributed by atoms with Gasteiger partial charge in [0.1, 0.15) is 12.4 Å². The molecular weight excluding hydrogens is 378 g/mol. The van der Waals surface area contributed by atoms with Gasteiger partial charge in [0.05, 0.1) is 12.2 Å². The van der Waals surface area contributed by atoms with Crippen molar-refractivity contribution in [3.63, 3.8) is 0 Å². The number of rotatable bonds is 9. The number of benzene rings is 1. The number of carbonyl (C=O) groups excluding carboxylic acids is 2. The lowest BCUT2D eigenvalue weighted by molar-refractivity contribution is -0.117. The van der Waals surface area contributed by atoms with Crippen molar-refractivity contribution >= 4 is 34.0 Å². The Labute approximate surface area is 168 Å². The fraction of sp³-hybridized carbons (Fsp3) is 0.450. The molecule has 3 rings (SSSR count). The number of carbonyl (C=O) groups is 2. The Kier molecular flexibility index (Phi) is 7.39. The average Bonchev–Trinajstić information content (AvgIpc) is 3.36. The predicted molar refractivity (Wildman–Crippen MR) is 109 cm³/mol. The minimum Gasteiger partial charge on any atom is -0.490 e.